The maximum absolute atomic E-state index is 13.0. The topological polar surface area (TPSA) is 57.6 Å². The summed E-state index contributed by atoms with van der Waals surface area (Å²) in [4.78, 5) is 1.90. The first-order valence-corrected chi connectivity index (χ1v) is 7.18. The number of phenols is 1. The van der Waals surface area contributed by atoms with Crippen molar-refractivity contribution in [1.82, 2.24) is 4.90 Å². The Bertz CT molecular complexity index is 501. The Morgan fingerprint density at radius 3 is 2.59 bits per heavy atom. The molecule has 1 N–H and O–H groups in total. The van der Waals surface area contributed by atoms with Gasteiger partial charge in [0.05, 0.1) is 11.5 Å². The predicted molar refractivity (Wildman–Crippen MR) is 62.0 cm³/mol. The zero-order valence-corrected chi connectivity index (χ0v) is 10.1. The van der Waals surface area contributed by atoms with Crippen LogP contribution in [0.25, 0.3) is 0 Å². The van der Waals surface area contributed by atoms with Gasteiger partial charge in [-0.1, -0.05) is 0 Å². The van der Waals surface area contributed by atoms with E-state index in [2.05, 4.69) is 0 Å². The molecular formula is C11H14FNO3S. The summed E-state index contributed by atoms with van der Waals surface area (Å²) in [5.41, 5.74) is 0.490. The largest absolute Gasteiger partial charge is 0.508 e. The van der Waals surface area contributed by atoms with E-state index in [1.807, 2.05) is 4.90 Å². The van der Waals surface area contributed by atoms with Crippen LogP contribution in [-0.4, -0.2) is 43.0 Å². The average molecular weight is 259 g/mol. The summed E-state index contributed by atoms with van der Waals surface area (Å²) in [5.74, 6) is -0.103. The van der Waals surface area contributed by atoms with Gasteiger partial charge in [0.2, 0.25) is 0 Å². The fourth-order valence-electron chi connectivity index (χ4n) is 1.83. The maximum atomic E-state index is 13.0. The van der Waals surface area contributed by atoms with Crippen molar-refractivity contribution < 1.29 is 17.9 Å². The summed E-state index contributed by atoms with van der Waals surface area (Å²) < 4.78 is 35.5. The molecular weight excluding hydrogens is 245 g/mol. The van der Waals surface area contributed by atoms with Crippen molar-refractivity contribution in [3.8, 4) is 5.75 Å². The molecule has 17 heavy (non-hydrogen) atoms. The van der Waals surface area contributed by atoms with Gasteiger partial charge in [-0.25, -0.2) is 12.8 Å². The molecule has 94 valence electrons. The summed E-state index contributed by atoms with van der Waals surface area (Å²) in [7, 11) is -2.90. The first-order valence-electron chi connectivity index (χ1n) is 5.36. The molecule has 0 radical (unpaired) electrons. The molecule has 2 rings (SSSR count). The predicted octanol–water partition coefficient (Wildman–Crippen LogP) is 0.762. The number of benzene rings is 1. The van der Waals surface area contributed by atoms with Gasteiger partial charge in [0.25, 0.3) is 0 Å². The zero-order valence-electron chi connectivity index (χ0n) is 9.26. The average Bonchev–Trinajstić information content (AvgIpc) is 2.26. The van der Waals surface area contributed by atoms with Crippen LogP contribution in [-0.2, 0) is 16.4 Å². The smallest absolute Gasteiger partial charge is 0.152 e. The van der Waals surface area contributed by atoms with Gasteiger partial charge in [-0.15, -0.1) is 0 Å². The molecule has 1 aliphatic rings. The van der Waals surface area contributed by atoms with E-state index in [-0.39, 0.29) is 17.3 Å². The van der Waals surface area contributed by atoms with Crippen LogP contribution in [0.4, 0.5) is 4.39 Å². The molecule has 1 aromatic rings. The van der Waals surface area contributed by atoms with Gasteiger partial charge in [0.15, 0.2) is 9.84 Å². The van der Waals surface area contributed by atoms with Crippen molar-refractivity contribution in [2.45, 2.75) is 6.54 Å². The van der Waals surface area contributed by atoms with Crippen LogP contribution in [0.15, 0.2) is 18.2 Å². The Labute approximate surface area is 99.6 Å². The minimum atomic E-state index is -2.90. The van der Waals surface area contributed by atoms with Crippen LogP contribution in [0, 0.1) is 5.82 Å². The molecule has 0 aliphatic carbocycles. The van der Waals surface area contributed by atoms with Gasteiger partial charge < -0.3 is 5.11 Å². The Morgan fingerprint density at radius 1 is 1.29 bits per heavy atom. The van der Waals surface area contributed by atoms with Gasteiger partial charge >= 0.3 is 0 Å². The molecule has 0 aromatic heterocycles. The molecule has 1 fully saturated rings. The minimum absolute atomic E-state index is 0.0415. The normalized spacial score (nSPS) is 20.3. The molecule has 0 spiro atoms. The van der Waals surface area contributed by atoms with Crippen LogP contribution in [0.3, 0.4) is 0 Å². The molecule has 1 aromatic carbocycles. The third-order valence-corrected chi connectivity index (χ3v) is 4.48. The molecule has 0 amide bonds. The molecule has 0 unspecified atom stereocenters. The summed E-state index contributed by atoms with van der Waals surface area (Å²) in [6, 6.07) is 3.78. The van der Waals surface area contributed by atoms with Crippen molar-refractivity contribution in [3.05, 3.63) is 29.6 Å². The van der Waals surface area contributed by atoms with Gasteiger partial charge in [0, 0.05) is 25.2 Å². The summed E-state index contributed by atoms with van der Waals surface area (Å²) >= 11 is 0. The SMILES string of the molecule is O=S1(=O)CCN(Cc2cc(F)ccc2O)CC1. The molecule has 4 nitrogen and oxygen atoms in total. The van der Waals surface area contributed by atoms with E-state index in [1.165, 1.54) is 18.2 Å². The Hall–Kier alpha value is -1.14. The van der Waals surface area contributed by atoms with Crippen LogP contribution in [0.5, 0.6) is 5.75 Å². The number of phenolic OH excluding ortho intramolecular Hbond substituents is 1. The lowest BCUT2D eigenvalue weighted by atomic mass is 10.2. The number of aromatic hydroxyl groups is 1. The highest BCUT2D eigenvalue weighted by Crippen LogP contribution is 2.20. The first kappa shape index (κ1) is 12.3. The van der Waals surface area contributed by atoms with Crippen LogP contribution in [0.2, 0.25) is 0 Å². The van der Waals surface area contributed by atoms with Gasteiger partial charge in [-0.05, 0) is 18.2 Å². The fraction of sp³-hybridized carbons (Fsp3) is 0.455. The number of hydrogen-bond donors (Lipinski definition) is 1. The zero-order chi connectivity index (χ0) is 12.5. The Kier molecular flexibility index (Phi) is 3.35. The van der Waals surface area contributed by atoms with Gasteiger partial charge in [-0.2, -0.15) is 0 Å². The second-order valence-corrected chi connectivity index (χ2v) is 6.50. The quantitative estimate of drug-likeness (QED) is 0.852. The number of rotatable bonds is 2. The van der Waals surface area contributed by atoms with E-state index in [1.54, 1.807) is 0 Å². The molecule has 0 bridgehead atoms. The molecule has 1 aliphatic heterocycles. The number of nitrogens with zero attached hydrogens (tertiary/aromatic N) is 1. The highest BCUT2D eigenvalue weighted by atomic mass is 32.2. The molecule has 6 heteroatoms. The number of halogens is 1. The highest BCUT2D eigenvalue weighted by molar-refractivity contribution is 7.91. The molecule has 1 saturated heterocycles. The molecule has 0 atom stereocenters. The van der Waals surface area contributed by atoms with E-state index in [0.29, 0.717) is 25.2 Å². The maximum Gasteiger partial charge on any atom is 0.152 e. The number of sulfone groups is 1. The number of hydrogen-bond acceptors (Lipinski definition) is 4. The van der Waals surface area contributed by atoms with E-state index >= 15 is 0 Å². The molecule has 1 heterocycles. The van der Waals surface area contributed by atoms with Crippen molar-refractivity contribution in [3.63, 3.8) is 0 Å². The third-order valence-electron chi connectivity index (χ3n) is 2.87. The van der Waals surface area contributed by atoms with Crippen LogP contribution < -0.4 is 0 Å². The van der Waals surface area contributed by atoms with Crippen molar-refractivity contribution in [2.75, 3.05) is 24.6 Å². The van der Waals surface area contributed by atoms with E-state index < -0.39 is 15.7 Å². The molecule has 0 saturated carbocycles. The Balaban J connectivity index is 2.05. The van der Waals surface area contributed by atoms with Crippen LogP contribution in [0.1, 0.15) is 5.56 Å². The van der Waals surface area contributed by atoms with Gasteiger partial charge in [-0.3, -0.25) is 4.90 Å². The summed E-state index contributed by atoms with van der Waals surface area (Å²) in [6.45, 7) is 1.23. The van der Waals surface area contributed by atoms with Gasteiger partial charge in [0.1, 0.15) is 11.6 Å². The summed E-state index contributed by atoms with van der Waals surface area (Å²) in [6.07, 6.45) is 0. The van der Waals surface area contributed by atoms with E-state index in [0.717, 1.165) is 0 Å². The monoisotopic (exact) mass is 259 g/mol. The van der Waals surface area contributed by atoms with Crippen molar-refractivity contribution >= 4 is 9.84 Å². The first-order chi connectivity index (χ1) is 7.96. The minimum Gasteiger partial charge on any atom is -0.508 e. The van der Waals surface area contributed by atoms with Crippen molar-refractivity contribution in [1.29, 1.82) is 0 Å². The van der Waals surface area contributed by atoms with Crippen LogP contribution >= 0.6 is 0 Å². The second kappa shape index (κ2) is 4.62. The second-order valence-electron chi connectivity index (χ2n) is 4.20. The third kappa shape index (κ3) is 3.17. The van der Waals surface area contributed by atoms with Crippen molar-refractivity contribution in [2.24, 2.45) is 0 Å². The lowest BCUT2D eigenvalue weighted by Crippen LogP contribution is -2.39. The van der Waals surface area contributed by atoms with E-state index in [9.17, 15) is 17.9 Å². The lowest BCUT2D eigenvalue weighted by molar-refractivity contribution is 0.282. The standard InChI is InChI=1S/C11H14FNO3S/c12-10-1-2-11(14)9(7-10)8-13-3-5-17(15,16)6-4-13/h1-2,7,14H,3-6,8H2. The fourth-order valence-corrected chi connectivity index (χ4v) is 3.11. The Morgan fingerprint density at radius 2 is 1.94 bits per heavy atom. The lowest BCUT2D eigenvalue weighted by Gasteiger charge is -2.26. The summed E-state index contributed by atoms with van der Waals surface area (Å²) in [5, 5.41) is 9.56. The van der Waals surface area contributed by atoms with E-state index in [4.69, 9.17) is 0 Å². The highest BCUT2D eigenvalue weighted by Gasteiger charge is 2.22.